The van der Waals surface area contributed by atoms with E-state index >= 15 is 0 Å². The number of amides is 1. The van der Waals surface area contributed by atoms with Crippen LogP contribution in [0.2, 0.25) is 0 Å². The minimum absolute atomic E-state index is 0.000880. The molecule has 0 bridgehead atoms. The summed E-state index contributed by atoms with van der Waals surface area (Å²) in [5, 5.41) is 9.10. The molecule has 1 saturated carbocycles. The third kappa shape index (κ3) is 3.96. The van der Waals surface area contributed by atoms with Gasteiger partial charge in [0.05, 0.1) is 12.6 Å². The fraction of sp³-hybridized carbons (Fsp3) is 0.923. The minimum atomic E-state index is -0.441. The van der Waals surface area contributed by atoms with Gasteiger partial charge in [-0.25, -0.2) is 0 Å². The molecule has 1 amide bonds. The number of rotatable bonds is 5. The highest BCUT2D eigenvalue weighted by Gasteiger charge is 2.29. The van der Waals surface area contributed by atoms with Gasteiger partial charge in [0.2, 0.25) is 5.91 Å². The number of carbonyl (C=O) groups is 1. The van der Waals surface area contributed by atoms with E-state index < -0.39 is 6.04 Å². The molecule has 0 aliphatic heterocycles. The number of nitrogens with two attached hydrogens (primary N) is 1. The molecule has 1 aliphatic carbocycles. The molecule has 0 aromatic rings. The number of aliphatic hydroxyl groups is 1. The van der Waals surface area contributed by atoms with Crippen LogP contribution >= 0.6 is 0 Å². The number of carbonyl (C=O) groups excluding carboxylic acids is 1. The first-order chi connectivity index (χ1) is 8.07. The van der Waals surface area contributed by atoms with Gasteiger partial charge in [0.25, 0.3) is 0 Å². The summed E-state index contributed by atoms with van der Waals surface area (Å²) < 4.78 is 0. The zero-order valence-electron chi connectivity index (χ0n) is 11.1. The Balaban J connectivity index is 2.66. The Hall–Kier alpha value is -0.610. The lowest BCUT2D eigenvalue weighted by atomic mass is 9.93. The molecule has 0 heterocycles. The number of nitrogens with zero attached hydrogens (tertiary/aromatic N) is 1. The molecule has 1 rings (SSSR count). The normalized spacial score (nSPS) is 19.4. The maximum atomic E-state index is 12.3. The first-order valence-electron chi connectivity index (χ1n) is 6.74. The van der Waals surface area contributed by atoms with E-state index in [-0.39, 0.29) is 24.5 Å². The van der Waals surface area contributed by atoms with Crippen molar-refractivity contribution in [3.05, 3.63) is 0 Å². The standard InChI is InChI=1S/C13H26N2O2/c1-10(2)12(14)13(17)15(8-9-16)11-6-4-3-5-7-11/h10-12,16H,3-9,14H2,1-2H3/t12-/m0/s1. The second-order valence-corrected chi connectivity index (χ2v) is 5.32. The van der Waals surface area contributed by atoms with Gasteiger partial charge < -0.3 is 15.7 Å². The van der Waals surface area contributed by atoms with Crippen LogP contribution in [0.4, 0.5) is 0 Å². The van der Waals surface area contributed by atoms with Gasteiger partial charge in [-0.15, -0.1) is 0 Å². The zero-order valence-corrected chi connectivity index (χ0v) is 11.1. The van der Waals surface area contributed by atoms with Crippen molar-refractivity contribution in [2.45, 2.75) is 58.0 Å². The van der Waals surface area contributed by atoms with Gasteiger partial charge >= 0.3 is 0 Å². The summed E-state index contributed by atoms with van der Waals surface area (Å²) in [6.07, 6.45) is 5.72. The SMILES string of the molecule is CC(C)[C@H](N)C(=O)N(CCO)C1CCCCC1. The van der Waals surface area contributed by atoms with E-state index in [9.17, 15) is 4.79 Å². The summed E-state index contributed by atoms with van der Waals surface area (Å²) in [7, 11) is 0. The molecular weight excluding hydrogens is 216 g/mol. The van der Waals surface area contributed by atoms with E-state index in [2.05, 4.69) is 0 Å². The Morgan fingerprint density at radius 3 is 2.41 bits per heavy atom. The lowest BCUT2D eigenvalue weighted by Crippen LogP contribution is -2.52. The third-order valence-electron chi connectivity index (χ3n) is 3.64. The summed E-state index contributed by atoms with van der Waals surface area (Å²) in [6.45, 7) is 4.36. The Bertz CT molecular complexity index is 238. The molecule has 0 aromatic heterocycles. The van der Waals surface area contributed by atoms with Crippen molar-refractivity contribution >= 4 is 5.91 Å². The molecular formula is C13H26N2O2. The van der Waals surface area contributed by atoms with Gasteiger partial charge in [-0.2, -0.15) is 0 Å². The fourth-order valence-electron chi connectivity index (χ4n) is 2.45. The summed E-state index contributed by atoms with van der Waals surface area (Å²) in [5.74, 6) is 0.147. The second kappa shape index (κ2) is 6.97. The predicted octanol–water partition coefficient (Wildman–Crippen LogP) is 1.12. The topological polar surface area (TPSA) is 66.6 Å². The van der Waals surface area contributed by atoms with E-state index in [1.807, 2.05) is 18.7 Å². The molecule has 4 heteroatoms. The van der Waals surface area contributed by atoms with E-state index in [1.165, 1.54) is 19.3 Å². The maximum Gasteiger partial charge on any atom is 0.240 e. The van der Waals surface area contributed by atoms with Crippen LogP contribution < -0.4 is 5.73 Å². The van der Waals surface area contributed by atoms with Crippen molar-refractivity contribution in [1.29, 1.82) is 0 Å². The van der Waals surface area contributed by atoms with Crippen molar-refractivity contribution in [2.24, 2.45) is 11.7 Å². The Kier molecular flexibility index (Phi) is 5.92. The van der Waals surface area contributed by atoms with Gasteiger partial charge in [-0.3, -0.25) is 4.79 Å². The lowest BCUT2D eigenvalue weighted by molar-refractivity contribution is -0.137. The van der Waals surface area contributed by atoms with Crippen LogP contribution in [0.5, 0.6) is 0 Å². The summed E-state index contributed by atoms with van der Waals surface area (Å²) in [5.41, 5.74) is 5.93. The monoisotopic (exact) mass is 242 g/mol. The average molecular weight is 242 g/mol. The van der Waals surface area contributed by atoms with Gasteiger partial charge in [-0.1, -0.05) is 33.1 Å². The molecule has 1 atom stereocenters. The van der Waals surface area contributed by atoms with E-state index in [1.54, 1.807) is 0 Å². The van der Waals surface area contributed by atoms with Crippen molar-refractivity contribution < 1.29 is 9.90 Å². The van der Waals surface area contributed by atoms with E-state index in [0.29, 0.717) is 6.54 Å². The molecule has 17 heavy (non-hydrogen) atoms. The molecule has 100 valence electrons. The highest BCUT2D eigenvalue weighted by Crippen LogP contribution is 2.23. The molecule has 0 saturated heterocycles. The molecule has 0 aromatic carbocycles. The highest BCUT2D eigenvalue weighted by atomic mass is 16.3. The minimum Gasteiger partial charge on any atom is -0.395 e. The van der Waals surface area contributed by atoms with Crippen LogP contribution in [-0.2, 0) is 4.79 Å². The molecule has 1 fully saturated rings. The van der Waals surface area contributed by atoms with Crippen LogP contribution in [0.3, 0.4) is 0 Å². The van der Waals surface area contributed by atoms with Gasteiger partial charge in [0.1, 0.15) is 0 Å². The van der Waals surface area contributed by atoms with Crippen LogP contribution in [0.25, 0.3) is 0 Å². The molecule has 0 spiro atoms. The van der Waals surface area contributed by atoms with Crippen LogP contribution in [-0.4, -0.2) is 41.1 Å². The van der Waals surface area contributed by atoms with Crippen molar-refractivity contribution in [2.75, 3.05) is 13.2 Å². The molecule has 0 radical (unpaired) electrons. The van der Waals surface area contributed by atoms with Crippen LogP contribution in [0.1, 0.15) is 46.0 Å². The average Bonchev–Trinajstić information content (AvgIpc) is 2.35. The molecule has 1 aliphatic rings. The molecule has 4 nitrogen and oxygen atoms in total. The fourth-order valence-corrected chi connectivity index (χ4v) is 2.45. The van der Waals surface area contributed by atoms with E-state index in [0.717, 1.165) is 12.8 Å². The number of hydrogen-bond donors (Lipinski definition) is 2. The summed E-state index contributed by atoms with van der Waals surface area (Å²) in [6, 6.07) is -0.156. The van der Waals surface area contributed by atoms with Gasteiger partial charge in [0.15, 0.2) is 0 Å². The molecule has 0 unspecified atom stereocenters. The van der Waals surface area contributed by atoms with Crippen LogP contribution in [0.15, 0.2) is 0 Å². The van der Waals surface area contributed by atoms with Gasteiger partial charge in [-0.05, 0) is 18.8 Å². The van der Waals surface area contributed by atoms with Crippen molar-refractivity contribution in [1.82, 2.24) is 4.90 Å². The zero-order chi connectivity index (χ0) is 12.8. The largest absolute Gasteiger partial charge is 0.395 e. The smallest absolute Gasteiger partial charge is 0.240 e. The Morgan fingerprint density at radius 1 is 1.35 bits per heavy atom. The summed E-state index contributed by atoms with van der Waals surface area (Å²) >= 11 is 0. The van der Waals surface area contributed by atoms with Crippen molar-refractivity contribution in [3.8, 4) is 0 Å². The quantitative estimate of drug-likeness (QED) is 0.759. The maximum absolute atomic E-state index is 12.3. The van der Waals surface area contributed by atoms with Crippen LogP contribution in [0, 0.1) is 5.92 Å². The first-order valence-corrected chi connectivity index (χ1v) is 6.74. The highest BCUT2D eigenvalue weighted by molar-refractivity contribution is 5.82. The van der Waals surface area contributed by atoms with Gasteiger partial charge in [0, 0.05) is 12.6 Å². The number of hydrogen-bond acceptors (Lipinski definition) is 3. The lowest BCUT2D eigenvalue weighted by Gasteiger charge is -2.36. The Morgan fingerprint density at radius 2 is 1.94 bits per heavy atom. The molecule has 3 N–H and O–H groups in total. The first kappa shape index (κ1) is 14.5. The third-order valence-corrected chi connectivity index (χ3v) is 3.64. The van der Waals surface area contributed by atoms with Crippen molar-refractivity contribution in [3.63, 3.8) is 0 Å². The predicted molar refractivity (Wildman–Crippen MR) is 68.5 cm³/mol. The Labute approximate surface area is 104 Å². The van der Waals surface area contributed by atoms with E-state index in [4.69, 9.17) is 10.8 Å². The number of aliphatic hydroxyl groups excluding tert-OH is 1. The summed E-state index contributed by atoms with van der Waals surface area (Å²) in [4.78, 5) is 14.1. The second-order valence-electron chi connectivity index (χ2n) is 5.32.